The molecule has 1 radical (unpaired) electrons. The average Bonchev–Trinajstić information content (AvgIpc) is 2.38. The minimum atomic E-state index is 0.0271. The first-order valence-electron chi connectivity index (χ1n) is 4.81. The molecule has 0 saturated carbocycles. The van der Waals surface area contributed by atoms with Crippen molar-refractivity contribution in [2.75, 3.05) is 17.7 Å². The summed E-state index contributed by atoms with van der Waals surface area (Å²) in [4.78, 5) is 0. The predicted molar refractivity (Wildman–Crippen MR) is 70.7 cm³/mol. The molecule has 0 aliphatic rings. The van der Waals surface area contributed by atoms with Crippen molar-refractivity contribution in [3.05, 3.63) is 18.2 Å². The van der Waals surface area contributed by atoms with Crippen molar-refractivity contribution < 1.29 is 4.74 Å². The number of benzene rings is 1. The van der Waals surface area contributed by atoms with Crippen LogP contribution in [0.4, 0.5) is 11.4 Å². The van der Waals surface area contributed by atoms with Crippen LogP contribution in [0.25, 0.3) is 0 Å². The molecule has 1 aromatic rings. The highest BCUT2D eigenvalue weighted by molar-refractivity contribution is 5.98. The molecule has 97 valence electrons. The van der Waals surface area contributed by atoms with Gasteiger partial charge in [0.2, 0.25) is 11.9 Å². The van der Waals surface area contributed by atoms with E-state index in [2.05, 4.69) is 26.9 Å². The second kappa shape index (κ2) is 6.03. The number of hydrazone groups is 2. The minimum absolute atomic E-state index is 0.0271. The Balaban J connectivity index is 3.09. The van der Waals surface area contributed by atoms with Gasteiger partial charge in [0.25, 0.3) is 0 Å². The summed E-state index contributed by atoms with van der Waals surface area (Å²) in [5.74, 6) is 10.6. The zero-order valence-electron chi connectivity index (χ0n) is 9.77. The van der Waals surface area contributed by atoms with Crippen LogP contribution in [0.5, 0.6) is 5.75 Å². The van der Waals surface area contributed by atoms with Gasteiger partial charge in [0.05, 0.1) is 18.5 Å². The van der Waals surface area contributed by atoms with E-state index in [0.29, 0.717) is 17.1 Å². The molecule has 0 fully saturated rings. The molecule has 0 bridgehead atoms. The summed E-state index contributed by atoms with van der Waals surface area (Å²) in [5, 5.41) is 12.1. The van der Waals surface area contributed by atoms with E-state index in [4.69, 9.17) is 27.9 Å². The van der Waals surface area contributed by atoms with Crippen LogP contribution in [0.1, 0.15) is 0 Å². The molecule has 0 heterocycles. The number of nitrogens with zero attached hydrogens (tertiary/aromatic N) is 2. The quantitative estimate of drug-likeness (QED) is 0.168. The van der Waals surface area contributed by atoms with Crippen molar-refractivity contribution in [3.8, 4) is 5.75 Å². The lowest BCUT2D eigenvalue weighted by Crippen LogP contribution is -2.26. The molecule has 9 heteroatoms. The van der Waals surface area contributed by atoms with E-state index in [1.807, 2.05) is 0 Å². The molecule has 0 atom stereocenters. The number of hydrogen-bond acceptors (Lipinski definition) is 5. The lowest BCUT2D eigenvalue weighted by atomic mass is 10.2. The number of anilines is 2. The molecule has 1 aromatic carbocycles. The Morgan fingerprint density at radius 3 is 1.89 bits per heavy atom. The summed E-state index contributed by atoms with van der Waals surface area (Å²) in [6.07, 6.45) is 0. The average molecular weight is 251 g/mol. The highest BCUT2D eigenvalue weighted by atomic mass is 16.5. The number of methoxy groups -OCH3 is 1. The Labute approximate surface area is 104 Å². The Morgan fingerprint density at radius 2 is 1.56 bits per heavy atom. The second-order valence-electron chi connectivity index (χ2n) is 3.09. The highest BCUT2D eigenvalue weighted by Crippen LogP contribution is 2.32. The van der Waals surface area contributed by atoms with Gasteiger partial charge in [-0.05, 0) is 18.2 Å². The van der Waals surface area contributed by atoms with Crippen molar-refractivity contribution in [1.82, 2.24) is 0 Å². The van der Waals surface area contributed by atoms with Crippen LogP contribution in [-0.4, -0.2) is 19.0 Å². The fourth-order valence-corrected chi connectivity index (χ4v) is 1.23. The third kappa shape index (κ3) is 3.07. The summed E-state index contributed by atoms with van der Waals surface area (Å²) in [6.45, 7) is 0. The largest absolute Gasteiger partial charge is 0.492 e. The number of nitrogens with two attached hydrogens (primary N) is 4. The molecule has 0 aromatic heterocycles. The van der Waals surface area contributed by atoms with Gasteiger partial charge in [-0.25, -0.2) is 0 Å². The fourth-order valence-electron chi connectivity index (χ4n) is 1.23. The maximum atomic E-state index is 5.46. The van der Waals surface area contributed by atoms with Gasteiger partial charge in [-0.15, -0.1) is 10.2 Å². The molecule has 0 aliphatic heterocycles. The monoisotopic (exact) mass is 251 g/mol. The third-order valence-corrected chi connectivity index (χ3v) is 1.95. The van der Waals surface area contributed by atoms with Crippen LogP contribution < -0.4 is 38.5 Å². The van der Waals surface area contributed by atoms with Crippen LogP contribution in [0.2, 0.25) is 0 Å². The molecule has 10 N–H and O–H groups in total. The van der Waals surface area contributed by atoms with Gasteiger partial charge < -0.3 is 38.5 Å². The normalized spacial score (nSPS) is 12.1. The van der Waals surface area contributed by atoms with E-state index in [1.54, 1.807) is 12.1 Å². The number of guanidine groups is 2. The minimum Gasteiger partial charge on any atom is -0.492 e. The summed E-state index contributed by atoms with van der Waals surface area (Å²) >= 11 is 0. The van der Waals surface area contributed by atoms with Crippen LogP contribution in [0.15, 0.2) is 22.3 Å². The van der Waals surface area contributed by atoms with Crippen LogP contribution >= 0.6 is 0 Å². The van der Waals surface area contributed by atoms with E-state index < -0.39 is 0 Å². The van der Waals surface area contributed by atoms with Gasteiger partial charge >= 0.3 is 0 Å². The van der Waals surface area contributed by atoms with Crippen molar-refractivity contribution >= 4 is 23.3 Å². The highest BCUT2D eigenvalue weighted by Gasteiger charge is 2.10. The van der Waals surface area contributed by atoms with Gasteiger partial charge in [-0.3, -0.25) is 0 Å². The Kier molecular flexibility index (Phi) is 4.43. The number of rotatable bonds is 3. The maximum absolute atomic E-state index is 5.46. The standard InChI is InChI=1S/C9H15N8O/c1-18-7-5(14-8(10)16-12)3-2-4-6(7)15-9(11)17-13/h3-4H,12-13H2,1H3,(H3,10,14,16)(H3,11,15,17). The van der Waals surface area contributed by atoms with Crippen LogP contribution in [0, 0.1) is 6.07 Å². The molecular weight excluding hydrogens is 236 g/mol. The first kappa shape index (κ1) is 13.2. The second-order valence-corrected chi connectivity index (χ2v) is 3.09. The molecule has 1 rings (SSSR count). The van der Waals surface area contributed by atoms with Gasteiger partial charge in [0.1, 0.15) is 0 Å². The lowest BCUT2D eigenvalue weighted by molar-refractivity contribution is 0.419. The molecule has 0 amide bonds. The molecular formula is C9H15N8O. The molecule has 9 nitrogen and oxygen atoms in total. The summed E-state index contributed by atoms with van der Waals surface area (Å²) in [7, 11) is 1.48. The van der Waals surface area contributed by atoms with Crippen LogP contribution in [-0.2, 0) is 0 Å². The van der Waals surface area contributed by atoms with E-state index in [9.17, 15) is 0 Å². The lowest BCUT2D eigenvalue weighted by Gasteiger charge is -2.14. The number of hydrogen-bond donors (Lipinski definition) is 6. The van der Waals surface area contributed by atoms with E-state index in [1.165, 1.54) is 7.11 Å². The number of nitrogens with one attached hydrogen (secondary N) is 2. The van der Waals surface area contributed by atoms with Gasteiger partial charge in [-0.2, -0.15) is 0 Å². The van der Waals surface area contributed by atoms with E-state index in [-0.39, 0.29) is 11.9 Å². The molecule has 0 saturated heterocycles. The Morgan fingerprint density at radius 1 is 1.11 bits per heavy atom. The first-order valence-corrected chi connectivity index (χ1v) is 4.81. The van der Waals surface area contributed by atoms with Crippen LogP contribution in [0.3, 0.4) is 0 Å². The van der Waals surface area contributed by atoms with E-state index >= 15 is 0 Å². The summed E-state index contributed by atoms with van der Waals surface area (Å²) in [5.41, 5.74) is 11.9. The molecule has 0 spiro atoms. The zero-order valence-corrected chi connectivity index (χ0v) is 9.77. The van der Waals surface area contributed by atoms with Crippen molar-refractivity contribution in [2.45, 2.75) is 0 Å². The number of ether oxygens (including phenoxy) is 1. The molecule has 0 unspecified atom stereocenters. The Bertz CT molecular complexity index is 431. The van der Waals surface area contributed by atoms with Crippen molar-refractivity contribution in [3.63, 3.8) is 0 Å². The predicted octanol–water partition coefficient (Wildman–Crippen LogP) is -1.30. The molecule has 18 heavy (non-hydrogen) atoms. The van der Waals surface area contributed by atoms with Crippen molar-refractivity contribution in [1.29, 1.82) is 0 Å². The first-order chi connectivity index (χ1) is 8.62. The molecule has 0 aliphatic carbocycles. The smallest absolute Gasteiger partial charge is 0.215 e. The van der Waals surface area contributed by atoms with Gasteiger partial charge in [0, 0.05) is 0 Å². The van der Waals surface area contributed by atoms with Gasteiger partial charge in [-0.1, -0.05) is 0 Å². The zero-order chi connectivity index (χ0) is 13.5. The maximum Gasteiger partial charge on any atom is 0.215 e. The topological polar surface area (TPSA) is 162 Å². The fraction of sp³-hybridized carbons (Fsp3) is 0.111. The Hall–Kier alpha value is -2.84. The van der Waals surface area contributed by atoms with Crippen molar-refractivity contribution in [2.24, 2.45) is 33.4 Å². The summed E-state index contributed by atoms with van der Waals surface area (Å²) in [6, 6.07) is 6.07. The summed E-state index contributed by atoms with van der Waals surface area (Å²) < 4.78 is 5.22. The van der Waals surface area contributed by atoms with Gasteiger partial charge in [0.15, 0.2) is 5.75 Å². The van der Waals surface area contributed by atoms with E-state index in [0.717, 1.165) is 0 Å². The SMILES string of the molecule is COc1c(NC(N)=NN)c[c]cc1NC(N)=NN. The third-order valence-electron chi connectivity index (χ3n) is 1.95.